The van der Waals surface area contributed by atoms with Gasteiger partial charge >= 0.3 is 18.3 Å². The van der Waals surface area contributed by atoms with Crippen LogP contribution in [0.5, 0.6) is 0 Å². The molecule has 2 aromatic rings. The molecule has 0 N–H and O–H groups in total. The van der Waals surface area contributed by atoms with Crippen molar-refractivity contribution in [2.45, 2.75) is 30.1 Å². The minimum Gasteiger partial charge on any atom is -0.217 e. The second-order valence-corrected chi connectivity index (χ2v) is 6.09. The van der Waals surface area contributed by atoms with E-state index in [0.717, 1.165) is 12.1 Å². The van der Waals surface area contributed by atoms with Crippen LogP contribution in [0.2, 0.25) is 0 Å². The number of nitrogens with zero attached hydrogens (tertiary/aromatic N) is 3. The van der Waals surface area contributed by atoms with E-state index < -0.39 is 41.4 Å². The van der Waals surface area contributed by atoms with E-state index in [-0.39, 0.29) is 22.2 Å². The molecule has 1 heterocycles. The fourth-order valence-corrected chi connectivity index (χ4v) is 2.71. The molecule has 0 aliphatic heterocycles. The summed E-state index contributed by atoms with van der Waals surface area (Å²) >= 11 is 0.0903. The first kappa shape index (κ1) is 20.4. The third kappa shape index (κ3) is 4.24. The van der Waals surface area contributed by atoms with E-state index in [4.69, 9.17) is 0 Å². The molecule has 0 saturated heterocycles. The van der Waals surface area contributed by atoms with Crippen LogP contribution in [-0.4, -0.2) is 32.6 Å². The summed E-state index contributed by atoms with van der Waals surface area (Å²) in [5.41, 5.74) is -0.540. The first-order valence-corrected chi connectivity index (χ1v) is 7.57. The van der Waals surface area contributed by atoms with Crippen molar-refractivity contribution in [2.75, 3.05) is 5.75 Å². The van der Waals surface area contributed by atoms with Gasteiger partial charge in [0.05, 0.1) is 5.75 Å². The molecule has 0 bridgehead atoms. The SMILES string of the molecule is Cc1cc(F)c(-n2cnc(C(F)(F)F)n2)cc1SCC(F)(F)C(F)(F)F. The molecule has 0 fully saturated rings. The maximum Gasteiger partial charge on any atom is 0.454 e. The van der Waals surface area contributed by atoms with Gasteiger partial charge in [0.25, 0.3) is 5.82 Å². The zero-order chi connectivity index (χ0) is 19.9. The second kappa shape index (κ2) is 6.67. The summed E-state index contributed by atoms with van der Waals surface area (Å²) in [5.74, 6) is -9.27. The van der Waals surface area contributed by atoms with Crippen molar-refractivity contribution >= 4 is 11.8 Å². The third-order valence-corrected chi connectivity index (χ3v) is 4.32. The average Bonchev–Trinajstić information content (AvgIpc) is 2.94. The molecule has 0 aliphatic rings. The Morgan fingerprint density at radius 2 is 1.65 bits per heavy atom. The quantitative estimate of drug-likeness (QED) is 0.525. The maximum atomic E-state index is 14.0. The van der Waals surface area contributed by atoms with Gasteiger partial charge in [-0.1, -0.05) is 0 Å². The van der Waals surface area contributed by atoms with E-state index in [2.05, 4.69) is 10.1 Å². The third-order valence-electron chi connectivity index (χ3n) is 3.06. The fraction of sp³-hybridized carbons (Fsp3) is 0.385. The number of hydrogen-bond donors (Lipinski definition) is 0. The van der Waals surface area contributed by atoms with Gasteiger partial charge in [0.2, 0.25) is 0 Å². The maximum absolute atomic E-state index is 14.0. The van der Waals surface area contributed by atoms with Gasteiger partial charge in [-0.25, -0.2) is 14.1 Å². The lowest BCUT2D eigenvalue weighted by molar-refractivity contribution is -0.271. The number of benzene rings is 1. The van der Waals surface area contributed by atoms with Gasteiger partial charge in [0.1, 0.15) is 17.8 Å². The lowest BCUT2D eigenvalue weighted by Gasteiger charge is -2.19. The van der Waals surface area contributed by atoms with Crippen molar-refractivity contribution in [3.63, 3.8) is 0 Å². The summed E-state index contributed by atoms with van der Waals surface area (Å²) in [7, 11) is 0. The Morgan fingerprint density at radius 3 is 2.15 bits per heavy atom. The Balaban J connectivity index is 2.34. The van der Waals surface area contributed by atoms with Crippen LogP contribution in [0, 0.1) is 12.7 Å². The highest BCUT2D eigenvalue weighted by Gasteiger charge is 2.57. The van der Waals surface area contributed by atoms with Crippen molar-refractivity contribution < 1.29 is 39.5 Å². The Labute approximate surface area is 144 Å². The van der Waals surface area contributed by atoms with Crippen molar-refractivity contribution in [3.8, 4) is 5.69 Å². The van der Waals surface area contributed by atoms with Gasteiger partial charge in [0, 0.05) is 4.90 Å². The smallest absolute Gasteiger partial charge is 0.217 e. The summed E-state index contributed by atoms with van der Waals surface area (Å²) in [6.07, 6.45) is -10.1. The van der Waals surface area contributed by atoms with E-state index in [1.807, 2.05) is 0 Å². The number of halogens is 9. The number of aromatic nitrogens is 3. The molecule has 0 amide bonds. The molecule has 144 valence electrons. The van der Waals surface area contributed by atoms with Gasteiger partial charge in [0.15, 0.2) is 0 Å². The number of hydrogen-bond acceptors (Lipinski definition) is 3. The predicted octanol–water partition coefficient (Wildman–Crippen LogP) is 5.02. The number of thioether (sulfide) groups is 1. The molecule has 0 saturated carbocycles. The monoisotopic (exact) mass is 409 g/mol. The molecule has 3 nitrogen and oxygen atoms in total. The summed E-state index contributed by atoms with van der Waals surface area (Å²) in [6, 6.07) is 1.62. The number of rotatable bonds is 4. The first-order chi connectivity index (χ1) is 11.7. The molecule has 26 heavy (non-hydrogen) atoms. The predicted molar refractivity (Wildman–Crippen MR) is 72.8 cm³/mol. The average molecular weight is 409 g/mol. The van der Waals surface area contributed by atoms with E-state index in [0.29, 0.717) is 11.0 Å². The van der Waals surface area contributed by atoms with Crippen LogP contribution in [0.1, 0.15) is 11.4 Å². The summed E-state index contributed by atoms with van der Waals surface area (Å²) in [5, 5.41) is 3.03. The topological polar surface area (TPSA) is 30.7 Å². The summed E-state index contributed by atoms with van der Waals surface area (Å²) in [6.45, 7) is 1.25. The van der Waals surface area contributed by atoms with Gasteiger partial charge in [-0.2, -0.15) is 35.1 Å². The largest absolute Gasteiger partial charge is 0.454 e. The van der Waals surface area contributed by atoms with Crippen molar-refractivity contribution in [2.24, 2.45) is 0 Å². The molecule has 13 heteroatoms. The molecule has 0 atom stereocenters. The highest BCUT2D eigenvalue weighted by atomic mass is 32.2. The molecule has 0 spiro atoms. The van der Waals surface area contributed by atoms with Crippen LogP contribution in [0.4, 0.5) is 39.5 Å². The fourth-order valence-electron chi connectivity index (χ4n) is 1.73. The van der Waals surface area contributed by atoms with Gasteiger partial charge in [-0.3, -0.25) is 0 Å². The van der Waals surface area contributed by atoms with Crippen LogP contribution < -0.4 is 0 Å². The molecule has 0 aliphatic carbocycles. The normalized spacial score (nSPS) is 13.3. The molecule has 1 aromatic carbocycles. The Kier molecular flexibility index (Phi) is 5.23. The standard InChI is InChI=1S/C13H8F9N3S/c1-6-2-7(14)8(25-5-23-10(24-25)12(17,18)19)3-9(6)26-4-11(15,16)13(20,21)22/h2-3,5H,4H2,1H3. The molecule has 0 unspecified atom stereocenters. The van der Waals surface area contributed by atoms with Gasteiger partial charge in [-0.15, -0.1) is 16.9 Å². The van der Waals surface area contributed by atoms with Crippen LogP contribution in [0.3, 0.4) is 0 Å². The molecular weight excluding hydrogens is 401 g/mol. The van der Waals surface area contributed by atoms with E-state index in [1.165, 1.54) is 6.92 Å². The lowest BCUT2D eigenvalue weighted by Crippen LogP contribution is -2.38. The Hall–Kier alpha value is -1.92. The van der Waals surface area contributed by atoms with Gasteiger partial charge < -0.3 is 0 Å². The number of aryl methyl sites for hydroxylation is 1. The van der Waals surface area contributed by atoms with Gasteiger partial charge in [-0.05, 0) is 24.6 Å². The van der Waals surface area contributed by atoms with Crippen molar-refractivity contribution in [1.29, 1.82) is 0 Å². The zero-order valence-corrected chi connectivity index (χ0v) is 13.4. The van der Waals surface area contributed by atoms with E-state index in [9.17, 15) is 39.5 Å². The minimum absolute atomic E-state index is 0.0328. The zero-order valence-electron chi connectivity index (χ0n) is 12.6. The molecular formula is C13H8F9N3S. The summed E-state index contributed by atoms with van der Waals surface area (Å²) < 4.78 is 115. The van der Waals surface area contributed by atoms with Crippen molar-refractivity contribution in [1.82, 2.24) is 14.8 Å². The minimum atomic E-state index is -5.76. The van der Waals surface area contributed by atoms with Crippen LogP contribution in [0.15, 0.2) is 23.4 Å². The first-order valence-electron chi connectivity index (χ1n) is 6.59. The van der Waals surface area contributed by atoms with E-state index in [1.54, 1.807) is 0 Å². The number of alkyl halides is 8. The second-order valence-electron chi connectivity index (χ2n) is 5.07. The Morgan fingerprint density at radius 1 is 1.04 bits per heavy atom. The van der Waals surface area contributed by atoms with Crippen LogP contribution in [-0.2, 0) is 6.18 Å². The van der Waals surface area contributed by atoms with E-state index >= 15 is 0 Å². The molecule has 0 radical (unpaired) electrons. The highest BCUT2D eigenvalue weighted by molar-refractivity contribution is 7.99. The molecule has 2 rings (SSSR count). The lowest BCUT2D eigenvalue weighted by atomic mass is 10.2. The molecule has 1 aromatic heterocycles. The van der Waals surface area contributed by atoms with Crippen molar-refractivity contribution in [3.05, 3.63) is 35.7 Å². The Bertz CT molecular complexity index is 795. The van der Waals surface area contributed by atoms with Crippen LogP contribution >= 0.6 is 11.8 Å². The highest BCUT2D eigenvalue weighted by Crippen LogP contribution is 2.40. The summed E-state index contributed by atoms with van der Waals surface area (Å²) in [4.78, 5) is 2.79. The van der Waals surface area contributed by atoms with Crippen LogP contribution in [0.25, 0.3) is 5.69 Å².